The number of hydrogen-bond donors (Lipinski definition) is 1. The van der Waals surface area contributed by atoms with Crippen LogP contribution in [0, 0.1) is 0 Å². The van der Waals surface area contributed by atoms with Crippen molar-refractivity contribution in [3.63, 3.8) is 0 Å². The Bertz CT molecular complexity index is 314. The molecule has 1 aromatic rings. The van der Waals surface area contributed by atoms with Gasteiger partial charge in [-0.15, -0.1) is 0 Å². The molecule has 0 aliphatic carbocycles. The minimum atomic E-state index is 0.646. The van der Waals surface area contributed by atoms with Gasteiger partial charge in [0.25, 0.3) is 0 Å². The molecule has 88 valence electrons. The van der Waals surface area contributed by atoms with Crippen molar-refractivity contribution in [3.8, 4) is 0 Å². The molecule has 16 heavy (non-hydrogen) atoms. The fourth-order valence-corrected chi connectivity index (χ4v) is 2.48. The lowest BCUT2D eigenvalue weighted by molar-refractivity contribution is 0.555. The van der Waals surface area contributed by atoms with Crippen LogP contribution < -0.4 is 10.6 Å². The van der Waals surface area contributed by atoms with Crippen molar-refractivity contribution in [1.29, 1.82) is 0 Å². The molecule has 2 rings (SSSR count). The number of anilines is 1. The average molecular weight is 218 g/mol. The molecule has 0 radical (unpaired) electrons. The molecule has 1 fully saturated rings. The predicted molar refractivity (Wildman–Crippen MR) is 69.6 cm³/mol. The summed E-state index contributed by atoms with van der Waals surface area (Å²) in [5.74, 6) is 0. The second-order valence-corrected chi connectivity index (χ2v) is 4.59. The summed E-state index contributed by atoms with van der Waals surface area (Å²) in [5, 5.41) is 0. The average Bonchev–Trinajstić information content (AvgIpc) is 2.29. The van der Waals surface area contributed by atoms with Crippen molar-refractivity contribution < 1.29 is 0 Å². The van der Waals surface area contributed by atoms with Crippen LogP contribution in [0.4, 0.5) is 5.69 Å². The van der Waals surface area contributed by atoms with Crippen LogP contribution in [0.25, 0.3) is 0 Å². The molecular formula is C14H22N2. The SMILES string of the molecule is NCc1ccccc1N1CCCCCCC1. The molecule has 0 aromatic heterocycles. The van der Waals surface area contributed by atoms with E-state index in [0.717, 1.165) is 0 Å². The number of benzene rings is 1. The Morgan fingerprint density at radius 2 is 1.56 bits per heavy atom. The van der Waals surface area contributed by atoms with Gasteiger partial charge in [0.05, 0.1) is 0 Å². The second kappa shape index (κ2) is 5.90. The van der Waals surface area contributed by atoms with Crippen molar-refractivity contribution >= 4 is 5.69 Å². The van der Waals surface area contributed by atoms with Crippen LogP contribution in [-0.2, 0) is 6.54 Å². The third-order valence-electron chi connectivity index (χ3n) is 3.41. The quantitative estimate of drug-likeness (QED) is 0.827. The van der Waals surface area contributed by atoms with Gasteiger partial charge in [0.15, 0.2) is 0 Å². The van der Waals surface area contributed by atoms with Crippen LogP contribution in [0.5, 0.6) is 0 Å². The summed E-state index contributed by atoms with van der Waals surface area (Å²) >= 11 is 0. The highest BCUT2D eigenvalue weighted by atomic mass is 15.1. The molecule has 0 saturated carbocycles. The van der Waals surface area contributed by atoms with Gasteiger partial charge in [-0.25, -0.2) is 0 Å². The molecule has 0 spiro atoms. The van der Waals surface area contributed by atoms with Crippen LogP contribution in [0.2, 0.25) is 0 Å². The highest BCUT2D eigenvalue weighted by Crippen LogP contribution is 2.22. The number of hydrogen-bond acceptors (Lipinski definition) is 2. The number of nitrogens with zero attached hydrogens (tertiary/aromatic N) is 1. The lowest BCUT2D eigenvalue weighted by Crippen LogP contribution is -2.28. The zero-order chi connectivity index (χ0) is 11.2. The third kappa shape index (κ3) is 2.76. The van der Waals surface area contributed by atoms with E-state index in [1.807, 2.05) is 0 Å². The summed E-state index contributed by atoms with van der Waals surface area (Å²) < 4.78 is 0. The maximum atomic E-state index is 5.80. The van der Waals surface area contributed by atoms with E-state index < -0.39 is 0 Å². The van der Waals surface area contributed by atoms with Crippen molar-refractivity contribution in [3.05, 3.63) is 29.8 Å². The van der Waals surface area contributed by atoms with Crippen LogP contribution in [0.1, 0.15) is 37.7 Å². The maximum absolute atomic E-state index is 5.80. The minimum Gasteiger partial charge on any atom is -0.371 e. The zero-order valence-electron chi connectivity index (χ0n) is 9.99. The topological polar surface area (TPSA) is 29.3 Å². The standard InChI is InChI=1S/C14H22N2/c15-12-13-8-4-5-9-14(13)16-10-6-2-1-3-7-11-16/h4-5,8-9H,1-3,6-7,10-12,15H2. The molecule has 0 amide bonds. The summed E-state index contributed by atoms with van der Waals surface area (Å²) in [6.45, 7) is 3.03. The zero-order valence-corrected chi connectivity index (χ0v) is 9.99. The first-order valence-corrected chi connectivity index (χ1v) is 6.45. The van der Waals surface area contributed by atoms with Crippen molar-refractivity contribution in [2.75, 3.05) is 18.0 Å². The molecule has 0 unspecified atom stereocenters. The highest BCUT2D eigenvalue weighted by Gasteiger charge is 2.11. The molecule has 2 N–H and O–H groups in total. The smallest absolute Gasteiger partial charge is 0.0411 e. The Labute approximate surface area is 98.4 Å². The monoisotopic (exact) mass is 218 g/mol. The van der Waals surface area contributed by atoms with Crippen molar-refractivity contribution in [2.24, 2.45) is 5.73 Å². The lowest BCUT2D eigenvalue weighted by atomic mass is 10.1. The second-order valence-electron chi connectivity index (χ2n) is 4.59. The number of nitrogens with two attached hydrogens (primary N) is 1. The van der Waals surface area contributed by atoms with Gasteiger partial charge < -0.3 is 10.6 Å². The van der Waals surface area contributed by atoms with E-state index >= 15 is 0 Å². The summed E-state index contributed by atoms with van der Waals surface area (Å²) in [6.07, 6.45) is 6.80. The van der Waals surface area contributed by atoms with E-state index in [9.17, 15) is 0 Å². The Morgan fingerprint density at radius 3 is 2.25 bits per heavy atom. The Hall–Kier alpha value is -1.02. The van der Waals surface area contributed by atoms with Gasteiger partial charge in [0, 0.05) is 25.3 Å². The minimum absolute atomic E-state index is 0.646. The fourth-order valence-electron chi connectivity index (χ4n) is 2.48. The summed E-state index contributed by atoms with van der Waals surface area (Å²) in [4.78, 5) is 2.52. The molecule has 0 bridgehead atoms. The molecule has 1 heterocycles. The first-order valence-electron chi connectivity index (χ1n) is 6.45. The first kappa shape index (κ1) is 11.5. The third-order valence-corrected chi connectivity index (χ3v) is 3.41. The summed E-state index contributed by atoms with van der Waals surface area (Å²) in [6, 6.07) is 8.56. The molecule has 2 heteroatoms. The molecule has 1 saturated heterocycles. The highest BCUT2D eigenvalue weighted by molar-refractivity contribution is 5.53. The van der Waals surface area contributed by atoms with E-state index in [-0.39, 0.29) is 0 Å². The van der Waals surface area contributed by atoms with Crippen LogP contribution in [0.15, 0.2) is 24.3 Å². The van der Waals surface area contributed by atoms with Gasteiger partial charge in [-0.2, -0.15) is 0 Å². The van der Waals surface area contributed by atoms with Gasteiger partial charge in [-0.1, -0.05) is 37.5 Å². The summed E-state index contributed by atoms with van der Waals surface area (Å²) in [5.41, 5.74) is 8.43. The largest absolute Gasteiger partial charge is 0.371 e. The molecular weight excluding hydrogens is 196 g/mol. The molecule has 0 atom stereocenters. The van der Waals surface area contributed by atoms with Crippen LogP contribution in [-0.4, -0.2) is 13.1 Å². The van der Waals surface area contributed by atoms with Gasteiger partial charge in [0.2, 0.25) is 0 Å². The van der Waals surface area contributed by atoms with E-state index in [4.69, 9.17) is 5.73 Å². The van der Waals surface area contributed by atoms with E-state index in [1.54, 1.807) is 0 Å². The number of rotatable bonds is 2. The van der Waals surface area contributed by atoms with Crippen LogP contribution in [0.3, 0.4) is 0 Å². The van der Waals surface area contributed by atoms with E-state index in [1.165, 1.54) is 56.4 Å². The molecule has 2 nitrogen and oxygen atoms in total. The Kier molecular flexibility index (Phi) is 4.23. The van der Waals surface area contributed by atoms with E-state index in [0.29, 0.717) is 6.54 Å². The van der Waals surface area contributed by atoms with Crippen molar-refractivity contribution in [2.45, 2.75) is 38.6 Å². The van der Waals surface area contributed by atoms with Gasteiger partial charge in [-0.3, -0.25) is 0 Å². The predicted octanol–water partition coefficient (Wildman–Crippen LogP) is 2.92. The van der Waals surface area contributed by atoms with Crippen molar-refractivity contribution in [1.82, 2.24) is 0 Å². The van der Waals surface area contributed by atoms with Gasteiger partial charge in [0.1, 0.15) is 0 Å². The first-order chi connectivity index (χ1) is 7.92. The lowest BCUT2D eigenvalue weighted by Gasteiger charge is -2.28. The molecule has 1 aliphatic heterocycles. The van der Waals surface area contributed by atoms with Gasteiger partial charge in [-0.05, 0) is 24.5 Å². The number of para-hydroxylation sites is 1. The van der Waals surface area contributed by atoms with Gasteiger partial charge >= 0.3 is 0 Å². The normalized spacial score (nSPS) is 17.9. The Morgan fingerprint density at radius 1 is 0.938 bits per heavy atom. The van der Waals surface area contributed by atoms with Crippen LogP contribution >= 0.6 is 0 Å². The van der Waals surface area contributed by atoms with E-state index in [2.05, 4.69) is 29.2 Å². The molecule has 1 aliphatic rings. The Balaban J connectivity index is 2.13. The maximum Gasteiger partial charge on any atom is 0.0411 e. The summed E-state index contributed by atoms with van der Waals surface area (Å²) in [7, 11) is 0. The molecule has 1 aromatic carbocycles. The fraction of sp³-hybridized carbons (Fsp3) is 0.571.